The van der Waals surface area contributed by atoms with E-state index in [1.54, 1.807) is 12.1 Å². The first-order valence-corrected chi connectivity index (χ1v) is 4.93. The van der Waals surface area contributed by atoms with Gasteiger partial charge in [0.1, 0.15) is 0 Å². The summed E-state index contributed by atoms with van der Waals surface area (Å²) in [4.78, 5) is 11.3. The van der Waals surface area contributed by atoms with Crippen LogP contribution in [0.4, 0.5) is 11.4 Å². The van der Waals surface area contributed by atoms with Gasteiger partial charge in [-0.25, -0.2) is 4.79 Å². The van der Waals surface area contributed by atoms with Crippen LogP contribution in [0.15, 0.2) is 18.2 Å². The maximum atomic E-state index is 11.3. The minimum Gasteiger partial charge on any atom is -0.465 e. The largest absolute Gasteiger partial charge is 0.465 e. The second-order valence-corrected chi connectivity index (χ2v) is 3.68. The number of anilines is 2. The zero-order valence-electron chi connectivity index (χ0n) is 8.83. The first-order valence-electron chi connectivity index (χ1n) is 4.93. The number of ether oxygens (including phenoxy) is 1. The third-order valence-electron chi connectivity index (χ3n) is 2.44. The third-order valence-corrected chi connectivity index (χ3v) is 2.44. The van der Waals surface area contributed by atoms with Gasteiger partial charge in [-0.05, 0) is 25.1 Å². The number of methoxy groups -OCH3 is 1. The van der Waals surface area contributed by atoms with Crippen LogP contribution < -0.4 is 10.6 Å². The molecule has 0 fully saturated rings. The van der Waals surface area contributed by atoms with Gasteiger partial charge in [0.2, 0.25) is 0 Å². The second kappa shape index (κ2) is 3.81. The number of benzene rings is 1. The molecule has 1 atom stereocenters. The maximum absolute atomic E-state index is 11.3. The van der Waals surface area contributed by atoms with E-state index in [1.165, 1.54) is 7.11 Å². The third kappa shape index (κ3) is 1.88. The van der Waals surface area contributed by atoms with Crippen LogP contribution in [0.3, 0.4) is 0 Å². The summed E-state index contributed by atoms with van der Waals surface area (Å²) in [6.45, 7) is 2.96. The van der Waals surface area contributed by atoms with Crippen molar-refractivity contribution in [2.45, 2.75) is 13.0 Å². The van der Waals surface area contributed by atoms with Crippen molar-refractivity contribution in [1.29, 1.82) is 0 Å². The lowest BCUT2D eigenvalue weighted by atomic mass is 10.1. The maximum Gasteiger partial charge on any atom is 0.337 e. The molecule has 80 valence electrons. The molecule has 2 rings (SSSR count). The Bertz CT molecular complexity index is 390. The minimum atomic E-state index is -0.307. The summed E-state index contributed by atoms with van der Waals surface area (Å²) in [6, 6.07) is 5.86. The summed E-state index contributed by atoms with van der Waals surface area (Å²) in [5.41, 5.74) is 2.55. The smallest absolute Gasteiger partial charge is 0.337 e. The molecule has 1 aromatic carbocycles. The van der Waals surface area contributed by atoms with Crippen LogP contribution in [0.5, 0.6) is 0 Å². The first-order chi connectivity index (χ1) is 7.20. The number of carbonyl (C=O) groups is 1. The minimum absolute atomic E-state index is 0.307. The first kappa shape index (κ1) is 9.83. The van der Waals surface area contributed by atoms with E-state index >= 15 is 0 Å². The lowest BCUT2D eigenvalue weighted by Gasteiger charge is -2.25. The molecule has 1 heterocycles. The molecular weight excluding hydrogens is 192 g/mol. The number of hydrogen-bond acceptors (Lipinski definition) is 4. The van der Waals surface area contributed by atoms with Crippen molar-refractivity contribution in [3.05, 3.63) is 23.8 Å². The molecule has 2 N–H and O–H groups in total. The van der Waals surface area contributed by atoms with E-state index in [0.29, 0.717) is 11.6 Å². The molecular formula is C11H14N2O2. The quantitative estimate of drug-likeness (QED) is 0.687. The van der Waals surface area contributed by atoms with Gasteiger partial charge in [-0.15, -0.1) is 0 Å². The zero-order chi connectivity index (χ0) is 10.8. The molecule has 4 nitrogen and oxygen atoms in total. The summed E-state index contributed by atoms with van der Waals surface area (Å²) in [6.07, 6.45) is 0. The van der Waals surface area contributed by atoms with Gasteiger partial charge >= 0.3 is 5.97 Å². The molecule has 1 unspecified atom stereocenters. The summed E-state index contributed by atoms with van der Waals surface area (Å²) in [5, 5.41) is 6.59. The lowest BCUT2D eigenvalue weighted by molar-refractivity contribution is 0.0601. The van der Waals surface area contributed by atoms with Gasteiger partial charge in [0.15, 0.2) is 0 Å². The highest BCUT2D eigenvalue weighted by molar-refractivity contribution is 5.92. The van der Waals surface area contributed by atoms with E-state index in [0.717, 1.165) is 17.9 Å². The Morgan fingerprint density at radius 1 is 1.47 bits per heavy atom. The topological polar surface area (TPSA) is 50.4 Å². The highest BCUT2D eigenvalue weighted by Crippen LogP contribution is 2.27. The monoisotopic (exact) mass is 206 g/mol. The van der Waals surface area contributed by atoms with Crippen LogP contribution >= 0.6 is 0 Å². The number of rotatable bonds is 1. The van der Waals surface area contributed by atoms with Gasteiger partial charge in [0.05, 0.1) is 24.0 Å². The van der Waals surface area contributed by atoms with E-state index < -0.39 is 0 Å². The van der Waals surface area contributed by atoms with E-state index in [1.807, 2.05) is 6.07 Å². The standard InChI is InChI=1S/C11H14N2O2/c1-7-6-12-10-5-8(11(14)15-2)3-4-9(10)13-7/h3-5,7,12-13H,6H2,1-2H3. The Labute approximate surface area is 88.6 Å². The van der Waals surface area contributed by atoms with Gasteiger partial charge in [-0.2, -0.15) is 0 Å². The van der Waals surface area contributed by atoms with E-state index in [9.17, 15) is 4.79 Å². The molecule has 0 bridgehead atoms. The fourth-order valence-corrected chi connectivity index (χ4v) is 1.64. The number of nitrogens with one attached hydrogen (secondary N) is 2. The average Bonchev–Trinajstić information content (AvgIpc) is 2.27. The van der Waals surface area contributed by atoms with Gasteiger partial charge in [0, 0.05) is 12.6 Å². The predicted octanol–water partition coefficient (Wildman–Crippen LogP) is 1.70. The summed E-state index contributed by atoms with van der Waals surface area (Å²) < 4.78 is 4.66. The molecule has 0 saturated carbocycles. The van der Waals surface area contributed by atoms with Crippen LogP contribution in [0.25, 0.3) is 0 Å². The van der Waals surface area contributed by atoms with Crippen molar-refractivity contribution in [3.63, 3.8) is 0 Å². The normalized spacial score (nSPS) is 18.4. The molecule has 4 heteroatoms. The molecule has 15 heavy (non-hydrogen) atoms. The van der Waals surface area contributed by atoms with E-state index in [4.69, 9.17) is 0 Å². The Kier molecular flexibility index (Phi) is 2.49. The Balaban J connectivity index is 2.30. The van der Waals surface area contributed by atoms with E-state index in [-0.39, 0.29) is 5.97 Å². The molecule has 1 aliphatic rings. The second-order valence-electron chi connectivity index (χ2n) is 3.68. The molecule has 0 saturated heterocycles. The van der Waals surface area contributed by atoms with Gasteiger partial charge in [-0.3, -0.25) is 0 Å². The van der Waals surface area contributed by atoms with Gasteiger partial charge in [0.25, 0.3) is 0 Å². The van der Waals surface area contributed by atoms with Crippen molar-refractivity contribution in [2.24, 2.45) is 0 Å². The van der Waals surface area contributed by atoms with Crippen LogP contribution in [-0.4, -0.2) is 25.7 Å². The van der Waals surface area contributed by atoms with Crippen molar-refractivity contribution in [1.82, 2.24) is 0 Å². The predicted molar refractivity (Wildman–Crippen MR) is 59.4 cm³/mol. The molecule has 0 aliphatic carbocycles. The van der Waals surface area contributed by atoms with Crippen LogP contribution in [-0.2, 0) is 4.74 Å². The number of hydrogen-bond donors (Lipinski definition) is 2. The van der Waals surface area contributed by atoms with Gasteiger partial charge in [-0.1, -0.05) is 0 Å². The number of esters is 1. The zero-order valence-corrected chi connectivity index (χ0v) is 8.83. The van der Waals surface area contributed by atoms with Crippen molar-refractivity contribution >= 4 is 17.3 Å². The van der Waals surface area contributed by atoms with Crippen molar-refractivity contribution < 1.29 is 9.53 Å². The highest BCUT2D eigenvalue weighted by Gasteiger charge is 2.15. The Morgan fingerprint density at radius 3 is 3.00 bits per heavy atom. The summed E-state index contributed by atoms with van der Waals surface area (Å²) >= 11 is 0. The number of fused-ring (bicyclic) bond motifs is 1. The summed E-state index contributed by atoms with van der Waals surface area (Å²) in [7, 11) is 1.38. The van der Waals surface area contributed by atoms with Crippen LogP contribution in [0.2, 0.25) is 0 Å². The molecule has 1 aromatic rings. The Hall–Kier alpha value is -1.71. The molecule has 0 amide bonds. The lowest BCUT2D eigenvalue weighted by Crippen LogP contribution is -2.30. The molecule has 0 aromatic heterocycles. The Morgan fingerprint density at radius 2 is 2.27 bits per heavy atom. The van der Waals surface area contributed by atoms with Crippen LogP contribution in [0, 0.1) is 0 Å². The van der Waals surface area contributed by atoms with Crippen molar-refractivity contribution in [2.75, 3.05) is 24.3 Å². The van der Waals surface area contributed by atoms with E-state index in [2.05, 4.69) is 22.3 Å². The van der Waals surface area contributed by atoms with Gasteiger partial charge < -0.3 is 15.4 Å². The molecule has 0 radical (unpaired) electrons. The van der Waals surface area contributed by atoms with Crippen LogP contribution in [0.1, 0.15) is 17.3 Å². The molecule has 0 spiro atoms. The number of carbonyl (C=O) groups excluding carboxylic acids is 1. The molecule has 1 aliphatic heterocycles. The highest BCUT2D eigenvalue weighted by atomic mass is 16.5. The fraction of sp³-hybridized carbons (Fsp3) is 0.364. The summed E-state index contributed by atoms with van der Waals surface area (Å²) in [5.74, 6) is -0.307. The fourth-order valence-electron chi connectivity index (χ4n) is 1.64. The SMILES string of the molecule is COC(=O)c1ccc2c(c1)NCC(C)N2. The van der Waals surface area contributed by atoms with Crippen molar-refractivity contribution in [3.8, 4) is 0 Å². The average molecular weight is 206 g/mol.